The lowest BCUT2D eigenvalue weighted by Crippen LogP contribution is -2.35. The Kier molecular flexibility index (Phi) is 2.19. The molecule has 1 aromatic carbocycles. The fourth-order valence-electron chi connectivity index (χ4n) is 1.76. The molecular weight excluding hydrogens is 236 g/mol. The molecule has 7 heteroatoms. The lowest BCUT2D eigenvalue weighted by Gasteiger charge is -2.26. The Morgan fingerprint density at radius 2 is 2.22 bits per heavy atom. The third kappa shape index (κ3) is 1.56. The van der Waals surface area contributed by atoms with E-state index >= 15 is 0 Å². The first-order valence-electron chi connectivity index (χ1n) is 5.28. The molecule has 2 aromatic rings. The van der Waals surface area contributed by atoms with Crippen molar-refractivity contribution in [2.45, 2.75) is 0 Å². The number of nitrogens with zero attached hydrogens (tertiary/aromatic N) is 3. The minimum atomic E-state index is -0.107. The fraction of sp³-hybridized carbons (Fsp3) is 0.182. The highest BCUT2D eigenvalue weighted by Gasteiger charge is 2.23. The summed E-state index contributed by atoms with van der Waals surface area (Å²) in [6.45, 7) is 0.0519. The Morgan fingerprint density at radius 3 is 2.94 bits per heavy atom. The summed E-state index contributed by atoms with van der Waals surface area (Å²) >= 11 is 0. The Labute approximate surface area is 102 Å². The van der Waals surface area contributed by atoms with Gasteiger partial charge in [-0.25, -0.2) is 0 Å². The summed E-state index contributed by atoms with van der Waals surface area (Å²) in [5, 5.41) is 7.38. The van der Waals surface area contributed by atoms with Crippen molar-refractivity contribution in [1.82, 2.24) is 10.2 Å². The minimum Gasteiger partial charge on any atom is -0.482 e. The van der Waals surface area contributed by atoms with Gasteiger partial charge in [-0.3, -0.25) is 4.79 Å². The number of hydrogen-bond donors (Lipinski definition) is 1. The van der Waals surface area contributed by atoms with Crippen LogP contribution in [0.15, 0.2) is 22.6 Å². The molecule has 0 saturated carbocycles. The number of rotatable bonds is 1. The summed E-state index contributed by atoms with van der Waals surface area (Å²) in [6.07, 6.45) is 0. The number of anilines is 2. The van der Waals surface area contributed by atoms with Gasteiger partial charge in [0.2, 0.25) is 5.89 Å². The summed E-state index contributed by atoms with van der Waals surface area (Å²) in [5.74, 6) is 0.847. The predicted octanol–water partition coefficient (Wildman–Crippen LogP) is 0.674. The van der Waals surface area contributed by atoms with Gasteiger partial charge in [0, 0.05) is 12.6 Å². The molecular formula is C11H10N4O3. The molecule has 2 heterocycles. The van der Waals surface area contributed by atoms with Crippen LogP contribution in [-0.4, -0.2) is 29.8 Å². The Balaban J connectivity index is 2.07. The van der Waals surface area contributed by atoms with Crippen molar-refractivity contribution in [2.24, 2.45) is 0 Å². The summed E-state index contributed by atoms with van der Waals surface area (Å²) in [7, 11) is 1.69. The molecule has 1 amide bonds. The molecule has 18 heavy (non-hydrogen) atoms. The van der Waals surface area contributed by atoms with Crippen LogP contribution >= 0.6 is 0 Å². The molecule has 3 rings (SSSR count). The minimum absolute atomic E-state index is 0.00315. The normalized spacial score (nSPS) is 14.3. The third-order valence-corrected chi connectivity index (χ3v) is 2.73. The number of likely N-dealkylation sites (N-methyl/N-ethyl adjacent to an activating group) is 1. The molecule has 1 aliphatic rings. The van der Waals surface area contributed by atoms with Crippen molar-refractivity contribution in [3.8, 4) is 17.2 Å². The molecule has 0 saturated heterocycles. The quantitative estimate of drug-likeness (QED) is 0.794. The molecule has 0 bridgehead atoms. The number of fused-ring (bicyclic) bond motifs is 1. The zero-order chi connectivity index (χ0) is 12.7. The number of ether oxygens (including phenoxy) is 1. The Hall–Kier alpha value is -2.57. The number of carbonyl (C=O) groups excluding carboxylic acids is 1. The standard InChI is InChI=1S/C11H10N4O3/c1-15-7-4-6(10-13-14-11(12)18-10)2-3-8(7)17-5-9(15)16/h2-4H,5H2,1H3,(H2,12,14). The first-order chi connectivity index (χ1) is 8.65. The molecule has 1 aromatic heterocycles. The van der Waals surface area contributed by atoms with E-state index in [-0.39, 0.29) is 18.5 Å². The van der Waals surface area contributed by atoms with Crippen molar-refractivity contribution in [3.05, 3.63) is 18.2 Å². The van der Waals surface area contributed by atoms with Crippen LogP contribution in [0.1, 0.15) is 0 Å². The van der Waals surface area contributed by atoms with Gasteiger partial charge in [-0.15, -0.1) is 5.10 Å². The number of amides is 1. The summed E-state index contributed by atoms with van der Waals surface area (Å²) < 4.78 is 10.5. The monoisotopic (exact) mass is 246 g/mol. The van der Waals surface area contributed by atoms with Crippen molar-refractivity contribution in [1.29, 1.82) is 0 Å². The lowest BCUT2D eigenvalue weighted by molar-refractivity contribution is -0.120. The van der Waals surface area contributed by atoms with Crippen LogP contribution in [0.4, 0.5) is 11.7 Å². The van der Waals surface area contributed by atoms with Crippen LogP contribution < -0.4 is 15.4 Å². The van der Waals surface area contributed by atoms with Crippen LogP contribution in [-0.2, 0) is 4.79 Å². The maximum Gasteiger partial charge on any atom is 0.313 e. The molecule has 7 nitrogen and oxygen atoms in total. The Morgan fingerprint density at radius 1 is 1.39 bits per heavy atom. The molecule has 2 N–H and O–H groups in total. The molecule has 0 spiro atoms. The average Bonchev–Trinajstić information content (AvgIpc) is 2.80. The molecule has 0 aliphatic carbocycles. The predicted molar refractivity (Wildman–Crippen MR) is 63.1 cm³/mol. The molecule has 1 aliphatic heterocycles. The summed E-state index contributed by atoms with van der Waals surface area (Å²) in [6, 6.07) is 5.28. The highest BCUT2D eigenvalue weighted by Crippen LogP contribution is 2.34. The summed E-state index contributed by atoms with van der Waals surface area (Å²) in [4.78, 5) is 13.1. The number of hydrogen-bond acceptors (Lipinski definition) is 6. The van der Waals surface area contributed by atoms with Gasteiger partial charge in [-0.05, 0) is 18.2 Å². The van der Waals surface area contributed by atoms with Crippen molar-refractivity contribution >= 4 is 17.6 Å². The molecule has 92 valence electrons. The first-order valence-corrected chi connectivity index (χ1v) is 5.28. The van der Waals surface area contributed by atoms with Crippen LogP contribution in [0, 0.1) is 0 Å². The lowest BCUT2D eigenvalue weighted by atomic mass is 10.1. The van der Waals surface area contributed by atoms with Gasteiger partial charge in [0.15, 0.2) is 6.61 Å². The van der Waals surface area contributed by atoms with Gasteiger partial charge >= 0.3 is 6.01 Å². The van der Waals surface area contributed by atoms with E-state index in [1.165, 1.54) is 4.90 Å². The third-order valence-electron chi connectivity index (χ3n) is 2.73. The van der Waals surface area contributed by atoms with E-state index in [4.69, 9.17) is 14.9 Å². The summed E-state index contributed by atoms with van der Waals surface area (Å²) in [5.41, 5.74) is 6.72. The number of benzene rings is 1. The fourth-order valence-corrected chi connectivity index (χ4v) is 1.76. The maximum atomic E-state index is 11.5. The zero-order valence-electron chi connectivity index (χ0n) is 9.58. The van der Waals surface area contributed by atoms with E-state index < -0.39 is 0 Å². The van der Waals surface area contributed by atoms with E-state index in [1.807, 2.05) is 0 Å². The molecule has 0 fully saturated rings. The van der Waals surface area contributed by atoms with Gasteiger partial charge in [-0.1, -0.05) is 5.10 Å². The van der Waals surface area contributed by atoms with Crippen LogP contribution in [0.5, 0.6) is 5.75 Å². The van der Waals surface area contributed by atoms with Crippen LogP contribution in [0.3, 0.4) is 0 Å². The number of nitrogens with two attached hydrogens (primary N) is 1. The number of nitrogen functional groups attached to an aromatic ring is 1. The molecule has 0 atom stereocenters. The van der Waals surface area contributed by atoms with Crippen molar-refractivity contribution < 1.29 is 13.9 Å². The first kappa shape index (κ1) is 10.6. The van der Waals surface area contributed by atoms with Gasteiger partial charge in [0.05, 0.1) is 5.69 Å². The van der Waals surface area contributed by atoms with E-state index in [9.17, 15) is 4.79 Å². The average molecular weight is 246 g/mol. The second-order valence-electron chi connectivity index (χ2n) is 3.87. The van der Waals surface area contributed by atoms with Crippen LogP contribution in [0.25, 0.3) is 11.5 Å². The van der Waals surface area contributed by atoms with Gasteiger partial charge in [-0.2, -0.15) is 0 Å². The second-order valence-corrected chi connectivity index (χ2v) is 3.87. The van der Waals surface area contributed by atoms with E-state index in [2.05, 4.69) is 10.2 Å². The number of aromatic nitrogens is 2. The zero-order valence-corrected chi connectivity index (χ0v) is 9.58. The molecule has 0 radical (unpaired) electrons. The van der Waals surface area contributed by atoms with E-state index in [1.54, 1.807) is 25.2 Å². The van der Waals surface area contributed by atoms with E-state index in [0.717, 1.165) is 0 Å². The maximum absolute atomic E-state index is 11.5. The smallest absolute Gasteiger partial charge is 0.313 e. The topological polar surface area (TPSA) is 94.5 Å². The van der Waals surface area contributed by atoms with Gasteiger partial charge in [0.25, 0.3) is 5.91 Å². The van der Waals surface area contributed by atoms with Gasteiger partial charge in [0.1, 0.15) is 5.75 Å². The largest absolute Gasteiger partial charge is 0.482 e. The molecule has 0 unspecified atom stereocenters. The Bertz CT molecular complexity index is 623. The van der Waals surface area contributed by atoms with E-state index in [0.29, 0.717) is 22.9 Å². The second kappa shape index (κ2) is 3.73. The number of carbonyl (C=O) groups is 1. The SMILES string of the molecule is CN1C(=O)COc2ccc(-c3nnc(N)o3)cc21. The van der Waals surface area contributed by atoms with Crippen molar-refractivity contribution in [3.63, 3.8) is 0 Å². The highest BCUT2D eigenvalue weighted by molar-refractivity contribution is 5.97. The van der Waals surface area contributed by atoms with Gasteiger partial charge < -0.3 is 19.8 Å². The van der Waals surface area contributed by atoms with Crippen LogP contribution in [0.2, 0.25) is 0 Å². The van der Waals surface area contributed by atoms with Crippen molar-refractivity contribution in [2.75, 3.05) is 24.3 Å². The highest BCUT2D eigenvalue weighted by atomic mass is 16.5.